The fourth-order valence-corrected chi connectivity index (χ4v) is 2.45. The highest BCUT2D eigenvalue weighted by Gasteiger charge is 2.02. The molecule has 138 valence electrons. The van der Waals surface area contributed by atoms with E-state index in [1.807, 2.05) is 67.6 Å². The van der Waals surface area contributed by atoms with Gasteiger partial charge in [-0.05, 0) is 54.1 Å². The standard InChI is InChI=1S/C21H20ClN3O2/c1-2-21(26)25-18-9-12-20(23-13-18)24-17-7-10-19(11-8-17)27-14-15-3-5-16(22)6-4-15/h3-13H,2,14H2,1H3,(H,23,24)(H,25,26). The minimum Gasteiger partial charge on any atom is -0.489 e. The van der Waals surface area contributed by atoms with E-state index in [9.17, 15) is 4.79 Å². The van der Waals surface area contributed by atoms with Gasteiger partial charge in [0, 0.05) is 17.1 Å². The summed E-state index contributed by atoms with van der Waals surface area (Å²) in [6, 6.07) is 18.8. The second kappa shape index (κ2) is 9.05. The van der Waals surface area contributed by atoms with Crippen molar-refractivity contribution in [1.29, 1.82) is 0 Å². The van der Waals surface area contributed by atoms with Crippen molar-refractivity contribution in [1.82, 2.24) is 4.98 Å². The summed E-state index contributed by atoms with van der Waals surface area (Å²) in [4.78, 5) is 15.7. The van der Waals surface area contributed by atoms with Crippen LogP contribution in [-0.2, 0) is 11.4 Å². The van der Waals surface area contributed by atoms with Gasteiger partial charge in [0.2, 0.25) is 5.91 Å². The second-order valence-electron chi connectivity index (χ2n) is 5.90. The zero-order chi connectivity index (χ0) is 19.1. The summed E-state index contributed by atoms with van der Waals surface area (Å²) in [7, 11) is 0. The normalized spacial score (nSPS) is 10.3. The Bertz CT molecular complexity index is 879. The van der Waals surface area contributed by atoms with E-state index in [4.69, 9.17) is 16.3 Å². The monoisotopic (exact) mass is 381 g/mol. The molecule has 3 rings (SSSR count). The number of nitrogens with zero attached hydrogens (tertiary/aromatic N) is 1. The maximum Gasteiger partial charge on any atom is 0.224 e. The van der Waals surface area contributed by atoms with Crippen LogP contribution in [0.5, 0.6) is 5.75 Å². The lowest BCUT2D eigenvalue weighted by molar-refractivity contribution is -0.115. The highest BCUT2D eigenvalue weighted by Crippen LogP contribution is 2.21. The van der Waals surface area contributed by atoms with Gasteiger partial charge in [-0.2, -0.15) is 0 Å². The van der Waals surface area contributed by atoms with Crippen LogP contribution in [0.2, 0.25) is 5.02 Å². The zero-order valence-electron chi connectivity index (χ0n) is 14.9. The van der Waals surface area contributed by atoms with Gasteiger partial charge in [0.1, 0.15) is 18.2 Å². The van der Waals surface area contributed by atoms with E-state index in [1.54, 1.807) is 6.20 Å². The van der Waals surface area contributed by atoms with E-state index in [0.717, 1.165) is 17.0 Å². The van der Waals surface area contributed by atoms with Gasteiger partial charge in [-0.15, -0.1) is 0 Å². The molecule has 27 heavy (non-hydrogen) atoms. The summed E-state index contributed by atoms with van der Waals surface area (Å²) in [5.41, 5.74) is 2.63. The van der Waals surface area contributed by atoms with Crippen LogP contribution in [0.15, 0.2) is 66.9 Å². The average molecular weight is 382 g/mol. The highest BCUT2D eigenvalue weighted by molar-refractivity contribution is 6.30. The first-order valence-corrected chi connectivity index (χ1v) is 9.00. The van der Waals surface area contributed by atoms with Crippen LogP contribution >= 0.6 is 11.6 Å². The number of pyridine rings is 1. The molecule has 0 saturated carbocycles. The molecular weight excluding hydrogens is 362 g/mol. The molecule has 0 fully saturated rings. The van der Waals surface area contributed by atoms with E-state index < -0.39 is 0 Å². The molecule has 3 aromatic rings. The Hall–Kier alpha value is -3.05. The number of nitrogens with one attached hydrogen (secondary N) is 2. The molecule has 0 saturated heterocycles. The van der Waals surface area contributed by atoms with E-state index in [0.29, 0.717) is 29.6 Å². The Kier molecular flexibility index (Phi) is 6.28. The second-order valence-corrected chi connectivity index (χ2v) is 6.33. The van der Waals surface area contributed by atoms with Crippen molar-refractivity contribution in [2.75, 3.05) is 10.6 Å². The molecule has 0 aliphatic heterocycles. The fourth-order valence-electron chi connectivity index (χ4n) is 2.32. The summed E-state index contributed by atoms with van der Waals surface area (Å²) in [6.45, 7) is 2.29. The van der Waals surface area contributed by atoms with Crippen LogP contribution in [0.1, 0.15) is 18.9 Å². The average Bonchev–Trinajstić information content (AvgIpc) is 2.70. The van der Waals surface area contributed by atoms with Crippen LogP contribution in [0.3, 0.4) is 0 Å². The van der Waals surface area contributed by atoms with Gasteiger partial charge in [0.25, 0.3) is 0 Å². The van der Waals surface area contributed by atoms with Crippen molar-refractivity contribution in [2.24, 2.45) is 0 Å². The third kappa shape index (κ3) is 5.72. The Balaban J connectivity index is 1.54. The molecule has 0 bridgehead atoms. The molecule has 0 aliphatic carbocycles. The molecule has 6 heteroatoms. The number of carbonyl (C=O) groups excluding carboxylic acids is 1. The van der Waals surface area contributed by atoms with Crippen LogP contribution in [-0.4, -0.2) is 10.9 Å². The van der Waals surface area contributed by atoms with Gasteiger partial charge in [-0.25, -0.2) is 4.98 Å². The number of ether oxygens (including phenoxy) is 1. The largest absolute Gasteiger partial charge is 0.489 e. The summed E-state index contributed by atoms with van der Waals surface area (Å²) in [5, 5.41) is 6.69. The van der Waals surface area contributed by atoms with Gasteiger partial charge in [0.05, 0.1) is 11.9 Å². The quantitative estimate of drug-likeness (QED) is 0.574. The Labute approximate surface area is 163 Å². The first-order chi connectivity index (χ1) is 13.1. The zero-order valence-corrected chi connectivity index (χ0v) is 15.7. The van der Waals surface area contributed by atoms with Crippen LogP contribution in [0.25, 0.3) is 0 Å². The number of rotatable bonds is 7. The summed E-state index contributed by atoms with van der Waals surface area (Å²) in [5.74, 6) is 1.44. The molecule has 0 unspecified atom stereocenters. The van der Waals surface area contributed by atoms with E-state index in [1.165, 1.54) is 0 Å². The topological polar surface area (TPSA) is 63.2 Å². The molecule has 1 aromatic heterocycles. The minimum atomic E-state index is -0.0355. The molecular formula is C21H20ClN3O2. The maximum absolute atomic E-state index is 11.4. The number of benzene rings is 2. The van der Waals surface area contributed by atoms with Gasteiger partial charge in [-0.1, -0.05) is 30.7 Å². The first-order valence-electron chi connectivity index (χ1n) is 8.62. The maximum atomic E-state index is 11.4. The molecule has 2 aromatic carbocycles. The number of anilines is 3. The Morgan fingerprint density at radius 2 is 1.70 bits per heavy atom. The van der Waals surface area contributed by atoms with Crippen LogP contribution in [0, 0.1) is 0 Å². The van der Waals surface area contributed by atoms with Gasteiger partial charge >= 0.3 is 0 Å². The number of amides is 1. The first kappa shape index (κ1) is 18.7. The van der Waals surface area contributed by atoms with Crippen molar-refractivity contribution < 1.29 is 9.53 Å². The molecule has 5 nitrogen and oxygen atoms in total. The lowest BCUT2D eigenvalue weighted by atomic mass is 10.2. The van der Waals surface area contributed by atoms with Gasteiger partial charge in [0.15, 0.2) is 0 Å². The smallest absolute Gasteiger partial charge is 0.224 e. The van der Waals surface area contributed by atoms with E-state index >= 15 is 0 Å². The van der Waals surface area contributed by atoms with E-state index in [-0.39, 0.29) is 5.91 Å². The van der Waals surface area contributed by atoms with Crippen molar-refractivity contribution in [3.63, 3.8) is 0 Å². The van der Waals surface area contributed by atoms with Gasteiger partial charge < -0.3 is 15.4 Å². The highest BCUT2D eigenvalue weighted by atomic mass is 35.5. The van der Waals surface area contributed by atoms with Crippen LogP contribution < -0.4 is 15.4 Å². The molecule has 2 N–H and O–H groups in total. The minimum absolute atomic E-state index is 0.0355. The van der Waals surface area contributed by atoms with Crippen molar-refractivity contribution in [3.05, 3.63) is 77.4 Å². The summed E-state index contributed by atoms with van der Waals surface area (Å²) < 4.78 is 5.77. The number of halogens is 1. The number of hydrogen-bond acceptors (Lipinski definition) is 4. The van der Waals surface area contributed by atoms with Crippen LogP contribution in [0.4, 0.5) is 17.2 Å². The van der Waals surface area contributed by atoms with Crippen molar-refractivity contribution in [3.8, 4) is 5.75 Å². The third-order valence-electron chi connectivity index (χ3n) is 3.81. The molecule has 0 atom stereocenters. The number of hydrogen-bond donors (Lipinski definition) is 2. The predicted molar refractivity (Wildman–Crippen MR) is 109 cm³/mol. The van der Waals surface area contributed by atoms with Crippen molar-refractivity contribution >= 4 is 34.7 Å². The van der Waals surface area contributed by atoms with E-state index in [2.05, 4.69) is 15.6 Å². The third-order valence-corrected chi connectivity index (χ3v) is 4.07. The molecule has 1 amide bonds. The van der Waals surface area contributed by atoms with Gasteiger partial charge in [-0.3, -0.25) is 4.79 Å². The molecule has 0 radical (unpaired) electrons. The van der Waals surface area contributed by atoms with Crippen molar-refractivity contribution in [2.45, 2.75) is 20.0 Å². The Morgan fingerprint density at radius 1 is 1.00 bits per heavy atom. The number of aromatic nitrogens is 1. The number of carbonyl (C=O) groups is 1. The lowest BCUT2D eigenvalue weighted by Crippen LogP contribution is -2.09. The summed E-state index contributed by atoms with van der Waals surface area (Å²) >= 11 is 5.88. The Morgan fingerprint density at radius 3 is 2.33 bits per heavy atom. The lowest BCUT2D eigenvalue weighted by Gasteiger charge is -2.09. The molecule has 1 heterocycles. The molecule has 0 spiro atoms. The fraction of sp³-hybridized carbons (Fsp3) is 0.143. The predicted octanol–water partition coefficient (Wildman–Crippen LogP) is 5.41. The molecule has 0 aliphatic rings. The SMILES string of the molecule is CCC(=O)Nc1ccc(Nc2ccc(OCc3ccc(Cl)cc3)cc2)nc1. The summed E-state index contributed by atoms with van der Waals surface area (Å²) in [6.07, 6.45) is 2.06.